The first-order valence-electron chi connectivity index (χ1n) is 4.36. The van der Waals surface area contributed by atoms with Gasteiger partial charge in [0.15, 0.2) is 0 Å². The van der Waals surface area contributed by atoms with Crippen molar-refractivity contribution < 1.29 is 4.42 Å². The zero-order chi connectivity index (χ0) is 8.65. The molecule has 12 heavy (non-hydrogen) atoms. The molecule has 0 aliphatic rings. The molecule has 3 nitrogen and oxygen atoms in total. The van der Waals surface area contributed by atoms with Crippen molar-refractivity contribution in [1.82, 2.24) is 5.32 Å². The van der Waals surface area contributed by atoms with E-state index in [0.29, 0.717) is 0 Å². The van der Waals surface area contributed by atoms with Crippen LogP contribution in [0.1, 0.15) is 18.6 Å². The Bertz CT molecular complexity index is 184. The summed E-state index contributed by atoms with van der Waals surface area (Å²) >= 11 is 0. The fraction of sp³-hybridized carbons (Fsp3) is 0.556. The fourth-order valence-electron chi connectivity index (χ4n) is 1.02. The molecule has 0 atom stereocenters. The second-order valence-electron chi connectivity index (χ2n) is 2.75. The van der Waals surface area contributed by atoms with Gasteiger partial charge in [0, 0.05) is 0 Å². The van der Waals surface area contributed by atoms with Crippen LogP contribution in [0.5, 0.6) is 0 Å². The van der Waals surface area contributed by atoms with Gasteiger partial charge >= 0.3 is 0 Å². The van der Waals surface area contributed by atoms with Crippen LogP contribution in [0.25, 0.3) is 0 Å². The molecule has 3 heteroatoms. The molecule has 0 aliphatic carbocycles. The molecule has 0 bridgehead atoms. The summed E-state index contributed by atoms with van der Waals surface area (Å²) in [6, 6.07) is 3.87. The average Bonchev–Trinajstić information content (AvgIpc) is 2.57. The van der Waals surface area contributed by atoms with E-state index in [-0.39, 0.29) is 0 Å². The highest BCUT2D eigenvalue weighted by Crippen LogP contribution is 1.98. The van der Waals surface area contributed by atoms with E-state index < -0.39 is 0 Å². The minimum absolute atomic E-state index is 0.780. The number of rotatable bonds is 6. The normalized spacial score (nSPS) is 10.4. The van der Waals surface area contributed by atoms with Gasteiger partial charge < -0.3 is 15.5 Å². The molecule has 1 heterocycles. The molecule has 0 aliphatic heterocycles. The van der Waals surface area contributed by atoms with Crippen molar-refractivity contribution in [1.29, 1.82) is 0 Å². The van der Waals surface area contributed by atoms with Gasteiger partial charge in [0.2, 0.25) is 0 Å². The molecule has 0 unspecified atom stereocenters. The van der Waals surface area contributed by atoms with Crippen molar-refractivity contribution in [2.75, 3.05) is 13.1 Å². The Morgan fingerprint density at radius 1 is 1.42 bits per heavy atom. The molecular weight excluding hydrogens is 152 g/mol. The summed E-state index contributed by atoms with van der Waals surface area (Å²) in [6.45, 7) is 2.61. The van der Waals surface area contributed by atoms with Gasteiger partial charge in [-0.05, 0) is 38.1 Å². The SMILES string of the molecule is NCCCCNCc1ccco1. The highest BCUT2D eigenvalue weighted by Gasteiger charge is 1.92. The first kappa shape index (κ1) is 9.29. The largest absolute Gasteiger partial charge is 0.468 e. The van der Waals surface area contributed by atoms with Gasteiger partial charge in [0.25, 0.3) is 0 Å². The Morgan fingerprint density at radius 3 is 3.00 bits per heavy atom. The second-order valence-corrected chi connectivity index (χ2v) is 2.75. The Labute approximate surface area is 72.9 Å². The van der Waals surface area contributed by atoms with Crippen LogP contribution in [0.2, 0.25) is 0 Å². The lowest BCUT2D eigenvalue weighted by atomic mass is 10.3. The third-order valence-corrected chi connectivity index (χ3v) is 1.69. The smallest absolute Gasteiger partial charge is 0.117 e. The first-order chi connectivity index (χ1) is 5.93. The van der Waals surface area contributed by atoms with Gasteiger partial charge in [0.1, 0.15) is 5.76 Å². The molecule has 1 aromatic rings. The lowest BCUT2D eigenvalue weighted by Crippen LogP contribution is -2.15. The van der Waals surface area contributed by atoms with Crippen molar-refractivity contribution in [2.45, 2.75) is 19.4 Å². The van der Waals surface area contributed by atoms with Gasteiger partial charge in [-0.15, -0.1) is 0 Å². The van der Waals surface area contributed by atoms with E-state index in [4.69, 9.17) is 10.2 Å². The molecule has 1 aromatic heterocycles. The molecule has 0 amide bonds. The maximum atomic E-state index is 5.36. The monoisotopic (exact) mass is 168 g/mol. The zero-order valence-corrected chi connectivity index (χ0v) is 7.25. The van der Waals surface area contributed by atoms with Crippen molar-refractivity contribution >= 4 is 0 Å². The highest BCUT2D eigenvalue weighted by atomic mass is 16.3. The average molecular weight is 168 g/mol. The fourth-order valence-corrected chi connectivity index (χ4v) is 1.02. The van der Waals surface area contributed by atoms with E-state index in [1.54, 1.807) is 6.26 Å². The lowest BCUT2D eigenvalue weighted by molar-refractivity contribution is 0.479. The summed E-state index contributed by atoms with van der Waals surface area (Å²) in [5.74, 6) is 0.989. The minimum atomic E-state index is 0.780. The summed E-state index contributed by atoms with van der Waals surface area (Å²) in [5, 5.41) is 3.27. The second kappa shape index (κ2) is 5.80. The van der Waals surface area contributed by atoms with Crippen LogP contribution >= 0.6 is 0 Å². The standard InChI is InChI=1S/C9H16N2O/c10-5-1-2-6-11-8-9-4-3-7-12-9/h3-4,7,11H,1-2,5-6,8,10H2. The minimum Gasteiger partial charge on any atom is -0.468 e. The number of furan rings is 1. The Morgan fingerprint density at radius 2 is 2.33 bits per heavy atom. The summed E-state index contributed by atoms with van der Waals surface area (Å²) in [4.78, 5) is 0. The number of hydrogen-bond donors (Lipinski definition) is 2. The van der Waals surface area contributed by atoms with Gasteiger partial charge in [0.05, 0.1) is 12.8 Å². The summed E-state index contributed by atoms with van der Waals surface area (Å²) in [7, 11) is 0. The molecule has 0 saturated heterocycles. The van der Waals surface area contributed by atoms with E-state index in [2.05, 4.69) is 5.32 Å². The topological polar surface area (TPSA) is 51.2 Å². The molecule has 3 N–H and O–H groups in total. The van der Waals surface area contributed by atoms with E-state index in [0.717, 1.165) is 38.2 Å². The first-order valence-corrected chi connectivity index (χ1v) is 4.36. The van der Waals surface area contributed by atoms with Crippen LogP contribution in [0.15, 0.2) is 22.8 Å². The van der Waals surface area contributed by atoms with Crippen LogP contribution in [-0.4, -0.2) is 13.1 Å². The third-order valence-electron chi connectivity index (χ3n) is 1.69. The number of nitrogens with two attached hydrogens (primary N) is 1. The predicted molar refractivity (Wildman–Crippen MR) is 48.7 cm³/mol. The van der Waals surface area contributed by atoms with Gasteiger partial charge in [-0.3, -0.25) is 0 Å². The molecule has 0 aromatic carbocycles. The summed E-state index contributed by atoms with van der Waals surface area (Å²) < 4.78 is 5.15. The summed E-state index contributed by atoms with van der Waals surface area (Å²) in [6.07, 6.45) is 3.92. The highest BCUT2D eigenvalue weighted by molar-refractivity contribution is 4.97. The third kappa shape index (κ3) is 3.55. The molecular formula is C9H16N2O. The molecule has 68 valence electrons. The lowest BCUT2D eigenvalue weighted by Gasteiger charge is -2.00. The van der Waals surface area contributed by atoms with Gasteiger partial charge in [-0.2, -0.15) is 0 Å². The predicted octanol–water partition coefficient (Wildman–Crippen LogP) is 1.11. The maximum Gasteiger partial charge on any atom is 0.117 e. The molecule has 0 fully saturated rings. The number of unbranched alkanes of at least 4 members (excludes halogenated alkanes) is 1. The van der Waals surface area contributed by atoms with E-state index in [1.165, 1.54) is 0 Å². The van der Waals surface area contributed by atoms with Crippen molar-refractivity contribution in [2.24, 2.45) is 5.73 Å². The van der Waals surface area contributed by atoms with Crippen LogP contribution in [0.3, 0.4) is 0 Å². The van der Waals surface area contributed by atoms with Crippen LogP contribution in [-0.2, 0) is 6.54 Å². The number of hydrogen-bond acceptors (Lipinski definition) is 3. The molecule has 0 radical (unpaired) electrons. The molecule has 0 spiro atoms. The Kier molecular flexibility index (Phi) is 4.49. The quantitative estimate of drug-likeness (QED) is 0.625. The maximum absolute atomic E-state index is 5.36. The van der Waals surface area contributed by atoms with Crippen LogP contribution in [0, 0.1) is 0 Å². The van der Waals surface area contributed by atoms with Crippen molar-refractivity contribution in [3.63, 3.8) is 0 Å². The van der Waals surface area contributed by atoms with Gasteiger partial charge in [-0.25, -0.2) is 0 Å². The summed E-state index contributed by atoms with van der Waals surface area (Å²) in [5.41, 5.74) is 5.36. The van der Waals surface area contributed by atoms with Crippen molar-refractivity contribution in [3.05, 3.63) is 24.2 Å². The Hall–Kier alpha value is -0.800. The van der Waals surface area contributed by atoms with E-state index in [1.807, 2.05) is 12.1 Å². The number of nitrogens with one attached hydrogen (secondary N) is 1. The van der Waals surface area contributed by atoms with E-state index >= 15 is 0 Å². The Balaban J connectivity index is 1.96. The molecule has 1 rings (SSSR count). The molecule has 0 saturated carbocycles. The van der Waals surface area contributed by atoms with Crippen molar-refractivity contribution in [3.8, 4) is 0 Å². The van der Waals surface area contributed by atoms with E-state index in [9.17, 15) is 0 Å². The van der Waals surface area contributed by atoms with Gasteiger partial charge in [-0.1, -0.05) is 0 Å². The van der Waals surface area contributed by atoms with Crippen LogP contribution in [0.4, 0.5) is 0 Å². The zero-order valence-electron chi connectivity index (χ0n) is 7.25. The van der Waals surface area contributed by atoms with Crippen LogP contribution < -0.4 is 11.1 Å².